The van der Waals surface area contributed by atoms with Crippen molar-refractivity contribution in [3.05, 3.63) is 228 Å². The number of aromatic nitrogens is 10. The molecule has 25 nitrogen and oxygen atoms in total. The lowest BCUT2D eigenvalue weighted by atomic mass is 10.1. The number of aryl methyl sites for hydroxylation is 1. The lowest BCUT2D eigenvalue weighted by molar-refractivity contribution is -0.125. The van der Waals surface area contributed by atoms with Crippen molar-refractivity contribution in [1.82, 2.24) is 54.7 Å². The molecular formula is C58H52Br3N15O10. The Morgan fingerprint density at radius 1 is 0.570 bits per heavy atom. The lowest BCUT2D eigenvalue weighted by Crippen LogP contribution is -2.24. The van der Waals surface area contributed by atoms with E-state index in [1.165, 1.54) is 30.6 Å². The number of anilines is 4. The van der Waals surface area contributed by atoms with Crippen LogP contribution in [0.3, 0.4) is 0 Å². The van der Waals surface area contributed by atoms with E-state index in [1.807, 2.05) is 67.6 Å². The van der Waals surface area contributed by atoms with Crippen molar-refractivity contribution in [3.8, 4) is 23.0 Å². The highest BCUT2D eigenvalue weighted by molar-refractivity contribution is 9.11. The summed E-state index contributed by atoms with van der Waals surface area (Å²) in [5.41, 5.74) is 28.1. The van der Waals surface area contributed by atoms with E-state index in [2.05, 4.69) is 97.6 Å². The third kappa shape index (κ3) is 19.3. The molecule has 86 heavy (non-hydrogen) atoms. The van der Waals surface area contributed by atoms with Crippen molar-refractivity contribution in [2.75, 3.05) is 30.0 Å². The SMILES string of the molecule is Cc1c(CN(C)C(=O)/C=C/c2cnc(N)c(OCc3ccccn3)c2)oc2ccccc12.Nc1ncc(Br)cc1O.Nc1ncc(Br)cc1OCc1ccccn1.Nc1ncccc1O.O=c1[nH]c2ncc(Br)cc2o1.O=c1[nH]c2ncccc2o1. The number of hydrogen-bond acceptors (Lipinski definition) is 22. The van der Waals surface area contributed by atoms with Crippen LogP contribution in [0.2, 0.25) is 0 Å². The fourth-order valence-corrected chi connectivity index (χ4v) is 7.85. The van der Waals surface area contributed by atoms with Crippen LogP contribution in [0.5, 0.6) is 23.0 Å². The molecule has 12 aromatic rings. The number of aromatic amines is 2. The fourth-order valence-electron chi connectivity index (χ4n) is 6.91. The number of amides is 1. The van der Waals surface area contributed by atoms with Gasteiger partial charge in [0.05, 0.1) is 17.9 Å². The number of pyridine rings is 8. The van der Waals surface area contributed by atoms with Gasteiger partial charge >= 0.3 is 11.5 Å². The van der Waals surface area contributed by atoms with Gasteiger partial charge in [0.15, 0.2) is 68.7 Å². The summed E-state index contributed by atoms with van der Waals surface area (Å²) >= 11 is 9.63. The van der Waals surface area contributed by atoms with Gasteiger partial charge in [0.25, 0.3) is 0 Å². The molecule has 1 amide bonds. The number of hydrogen-bond donors (Lipinski definition) is 8. The number of rotatable bonds is 10. The summed E-state index contributed by atoms with van der Waals surface area (Å²) < 4.78 is 29.0. The largest absolute Gasteiger partial charge is 0.504 e. The summed E-state index contributed by atoms with van der Waals surface area (Å²) in [5.74, 6) is 1.69. The highest BCUT2D eigenvalue weighted by Gasteiger charge is 2.15. The summed E-state index contributed by atoms with van der Waals surface area (Å²) in [6.07, 6.45) is 16.1. The molecule has 0 aliphatic heterocycles. The second kappa shape index (κ2) is 31.3. The molecule has 12 rings (SSSR count). The predicted octanol–water partition coefficient (Wildman–Crippen LogP) is 10.1. The van der Waals surface area contributed by atoms with Gasteiger partial charge in [-0.15, -0.1) is 0 Å². The van der Waals surface area contributed by atoms with Gasteiger partial charge in [-0.1, -0.05) is 30.3 Å². The van der Waals surface area contributed by atoms with E-state index in [0.29, 0.717) is 63.0 Å². The maximum absolute atomic E-state index is 12.6. The number of nitrogens with two attached hydrogens (primary N) is 4. The molecule has 440 valence electrons. The Labute approximate surface area is 513 Å². The van der Waals surface area contributed by atoms with Crippen LogP contribution >= 0.6 is 47.8 Å². The Morgan fingerprint density at radius 2 is 1.09 bits per heavy atom. The van der Waals surface area contributed by atoms with Crippen LogP contribution in [-0.2, 0) is 24.6 Å². The number of nitrogens with zero attached hydrogens (tertiary/aromatic N) is 9. The molecule has 1 aromatic carbocycles. The molecule has 0 aliphatic rings. The van der Waals surface area contributed by atoms with Gasteiger partial charge in [-0.05, 0) is 139 Å². The summed E-state index contributed by atoms with van der Waals surface area (Å²) in [6, 6.07) is 32.3. The van der Waals surface area contributed by atoms with Crippen LogP contribution in [0.15, 0.2) is 201 Å². The van der Waals surface area contributed by atoms with Crippen LogP contribution in [0.25, 0.3) is 39.5 Å². The van der Waals surface area contributed by atoms with Crippen LogP contribution < -0.4 is 43.9 Å². The molecule has 11 aromatic heterocycles. The third-order valence-corrected chi connectivity index (χ3v) is 12.5. The number of nitrogens with one attached hydrogen (secondary N) is 2. The first kappa shape index (κ1) is 63.1. The van der Waals surface area contributed by atoms with Gasteiger partial charge < -0.3 is 60.8 Å². The van der Waals surface area contributed by atoms with Crippen LogP contribution in [0.1, 0.15) is 28.3 Å². The summed E-state index contributed by atoms with van der Waals surface area (Å²) in [5, 5.41) is 18.7. The van der Waals surface area contributed by atoms with Crippen molar-refractivity contribution in [3.63, 3.8) is 0 Å². The van der Waals surface area contributed by atoms with Crippen molar-refractivity contribution in [1.29, 1.82) is 0 Å². The van der Waals surface area contributed by atoms with Crippen molar-refractivity contribution < 1.29 is 37.7 Å². The quantitative estimate of drug-likeness (QED) is 0.0590. The van der Waals surface area contributed by atoms with E-state index >= 15 is 0 Å². The molecule has 12 N–H and O–H groups in total. The summed E-state index contributed by atoms with van der Waals surface area (Å²) in [4.78, 5) is 71.8. The normalized spacial score (nSPS) is 10.4. The van der Waals surface area contributed by atoms with E-state index < -0.39 is 11.5 Å². The van der Waals surface area contributed by atoms with Crippen LogP contribution in [0.4, 0.5) is 23.3 Å². The monoisotopic (exact) mass is 1360 g/mol. The third-order valence-electron chi connectivity index (χ3n) is 11.2. The number of fused-ring (bicyclic) bond motifs is 3. The maximum Gasteiger partial charge on any atom is 0.418 e. The fraction of sp³-hybridized carbons (Fsp3) is 0.0862. The molecule has 0 saturated carbocycles. The molecule has 0 unspecified atom stereocenters. The molecule has 0 fully saturated rings. The van der Waals surface area contributed by atoms with Crippen molar-refractivity contribution in [2.24, 2.45) is 0 Å². The van der Waals surface area contributed by atoms with E-state index in [1.54, 1.807) is 91.6 Å². The Kier molecular flexibility index (Phi) is 23.0. The molecule has 11 heterocycles. The zero-order valence-electron chi connectivity index (χ0n) is 45.4. The number of furan rings is 1. The van der Waals surface area contributed by atoms with E-state index in [-0.39, 0.29) is 41.5 Å². The highest BCUT2D eigenvalue weighted by Crippen LogP contribution is 2.27. The van der Waals surface area contributed by atoms with Crippen LogP contribution in [-0.4, -0.2) is 77.9 Å². The van der Waals surface area contributed by atoms with E-state index in [0.717, 1.165) is 42.6 Å². The second-order valence-electron chi connectivity index (χ2n) is 17.4. The number of halogens is 3. The number of para-hydroxylation sites is 1. The standard InChI is InChI=1S/C25H24N4O3.C11H10BrN3O.C6H3BrN2O2.C6H4N2O2.C5H5BrN2O.C5H6N2O/c1-17-20-8-3-4-9-21(20)32-23(17)15-29(2)24(30)11-10-18-13-22(25(26)28-14-18)31-16-19-7-5-6-12-27-19;12-8-5-10(11(13)15-6-8)16-7-9-3-1-2-4-14-9;7-3-1-4-5(8-2-3)9-6(10)11-4;9-6-8-5-4(10-6)2-1-3-7-5;6-3-1-4(9)5(7)8-2-3;6-5-4(8)2-1-3-7-5/h3-14H,15-16H2,1-2H3,(H2,26,28);1-6H,7H2,(H2,13,15);1-2H,(H,8,9,10);1-3H,(H,7,8,9);1-2,9H,(H2,7,8);1-3,8H,(H2,6,7)/b11-10+;;;;;. The molecule has 0 bridgehead atoms. The van der Waals surface area contributed by atoms with Gasteiger partial charge in [0, 0.05) is 93.1 Å². The molecule has 0 radical (unpaired) electrons. The van der Waals surface area contributed by atoms with Gasteiger partial charge in [0.1, 0.15) is 24.6 Å². The lowest BCUT2D eigenvalue weighted by Gasteiger charge is -2.14. The molecule has 0 saturated heterocycles. The van der Waals surface area contributed by atoms with E-state index in [9.17, 15) is 14.4 Å². The summed E-state index contributed by atoms with van der Waals surface area (Å²) in [7, 11) is 1.74. The Morgan fingerprint density at radius 3 is 1.69 bits per heavy atom. The zero-order valence-corrected chi connectivity index (χ0v) is 50.2. The van der Waals surface area contributed by atoms with Gasteiger partial charge in [-0.25, -0.2) is 39.5 Å². The van der Waals surface area contributed by atoms with Gasteiger partial charge in [0.2, 0.25) is 5.91 Å². The number of likely N-dealkylation sites (N-methyl/N-ethyl adjacent to an activating group) is 1. The number of carbonyl (C=O) groups is 1. The number of benzene rings is 1. The molecule has 28 heteroatoms. The zero-order chi connectivity index (χ0) is 61.5. The number of nitrogen functional groups attached to an aromatic ring is 4. The topological polar surface area (TPSA) is 392 Å². The summed E-state index contributed by atoms with van der Waals surface area (Å²) in [6.45, 7) is 3.03. The van der Waals surface area contributed by atoms with E-state index in [4.69, 9.17) is 55.9 Å². The molecule has 0 spiro atoms. The van der Waals surface area contributed by atoms with Gasteiger partial charge in [-0.3, -0.25) is 24.7 Å². The number of carbonyl (C=O) groups excluding carboxylic acids is 1. The first-order valence-electron chi connectivity index (χ1n) is 25.1. The minimum absolute atomic E-state index is 0.00405. The Balaban J connectivity index is 0.000000163. The Hall–Kier alpha value is -10.5. The number of aromatic hydroxyl groups is 2. The second-order valence-corrected chi connectivity index (χ2v) is 20.2. The number of H-pyrrole nitrogens is 2. The molecule has 0 aliphatic carbocycles. The highest BCUT2D eigenvalue weighted by atomic mass is 79.9. The van der Waals surface area contributed by atoms with Crippen molar-refractivity contribution in [2.45, 2.75) is 26.7 Å². The first-order valence-corrected chi connectivity index (χ1v) is 27.5. The average molecular weight is 1360 g/mol. The van der Waals surface area contributed by atoms with Gasteiger partial charge in [-0.2, -0.15) is 0 Å². The maximum atomic E-state index is 12.6. The number of ether oxygens (including phenoxy) is 2. The van der Waals surface area contributed by atoms with Crippen molar-refractivity contribution >= 4 is 116 Å². The first-order chi connectivity index (χ1) is 41.4. The average Bonchev–Trinajstić information content (AvgIpc) is 4.43. The molecular weight excluding hydrogens is 1310 g/mol. The molecule has 0 atom stereocenters. The van der Waals surface area contributed by atoms with Crippen LogP contribution in [0, 0.1) is 6.92 Å². The number of oxazole rings is 2. The minimum Gasteiger partial charge on any atom is -0.504 e. The minimum atomic E-state index is -0.481. The Bertz CT molecular complexity index is 4260. The smallest absolute Gasteiger partial charge is 0.418 e. The predicted molar refractivity (Wildman–Crippen MR) is 334 cm³/mol.